The summed E-state index contributed by atoms with van der Waals surface area (Å²) in [7, 11) is 0. The number of benzene rings is 1. The van der Waals surface area contributed by atoms with Gasteiger partial charge in [0.1, 0.15) is 0 Å². The van der Waals surface area contributed by atoms with Gasteiger partial charge in [0, 0.05) is 44.0 Å². The Morgan fingerprint density at radius 3 is 2.59 bits per heavy atom. The molecule has 0 aromatic heterocycles. The van der Waals surface area contributed by atoms with Crippen LogP contribution in [-0.2, 0) is 4.74 Å². The number of nitrogens with one attached hydrogen (secondary N) is 2. The van der Waals surface area contributed by atoms with Crippen LogP contribution in [0.2, 0.25) is 0 Å². The monoisotopic (exact) mass is 401 g/mol. The molecule has 6 heteroatoms. The molecule has 2 aliphatic heterocycles. The molecule has 1 aromatic rings. The van der Waals surface area contributed by atoms with Crippen LogP contribution in [-0.4, -0.2) is 68.9 Å². The lowest BCUT2D eigenvalue weighted by Gasteiger charge is -2.40. The van der Waals surface area contributed by atoms with Crippen molar-refractivity contribution in [2.24, 2.45) is 4.99 Å². The molecule has 0 radical (unpaired) electrons. The standard InChI is InChI=1S/C23H39N5O/c1-5-24-22(25-18-23(3,4)28-13-15-29-16-14-28)26-19(2)20-9-8-10-21(17-20)27-11-6-7-12-27/h8-10,17,19H,5-7,11-16,18H2,1-4H3,(H2,24,25,26). The number of anilines is 1. The van der Waals surface area contributed by atoms with E-state index in [1.807, 2.05) is 0 Å². The Morgan fingerprint density at radius 2 is 1.90 bits per heavy atom. The molecule has 0 spiro atoms. The number of hydrogen-bond acceptors (Lipinski definition) is 4. The minimum Gasteiger partial charge on any atom is -0.379 e. The molecule has 2 N–H and O–H groups in total. The van der Waals surface area contributed by atoms with E-state index in [1.165, 1.54) is 37.2 Å². The second-order valence-electron chi connectivity index (χ2n) is 8.76. The Kier molecular flexibility index (Phi) is 7.78. The first-order valence-corrected chi connectivity index (χ1v) is 11.2. The quantitative estimate of drug-likeness (QED) is 0.543. The average molecular weight is 402 g/mol. The van der Waals surface area contributed by atoms with E-state index < -0.39 is 0 Å². The van der Waals surface area contributed by atoms with Crippen LogP contribution >= 0.6 is 0 Å². The topological polar surface area (TPSA) is 52.1 Å². The summed E-state index contributed by atoms with van der Waals surface area (Å²) in [5, 5.41) is 7.02. The van der Waals surface area contributed by atoms with Crippen molar-refractivity contribution in [3.8, 4) is 0 Å². The molecule has 1 aromatic carbocycles. The van der Waals surface area contributed by atoms with Gasteiger partial charge in [0.25, 0.3) is 0 Å². The predicted octanol–water partition coefficient (Wildman–Crippen LogP) is 3.01. The molecule has 0 bridgehead atoms. The zero-order valence-corrected chi connectivity index (χ0v) is 18.7. The summed E-state index contributed by atoms with van der Waals surface area (Å²) in [4.78, 5) is 9.89. The second kappa shape index (κ2) is 10.3. The highest BCUT2D eigenvalue weighted by Crippen LogP contribution is 2.24. The molecule has 162 valence electrons. The zero-order chi connectivity index (χ0) is 20.7. The summed E-state index contributed by atoms with van der Waals surface area (Å²) in [5.74, 6) is 0.882. The van der Waals surface area contributed by atoms with E-state index in [4.69, 9.17) is 9.73 Å². The lowest BCUT2D eigenvalue weighted by molar-refractivity contribution is -0.00684. The number of nitrogens with zero attached hydrogens (tertiary/aromatic N) is 3. The van der Waals surface area contributed by atoms with Gasteiger partial charge in [0.15, 0.2) is 5.96 Å². The van der Waals surface area contributed by atoms with E-state index in [1.54, 1.807) is 0 Å². The molecule has 2 aliphatic rings. The van der Waals surface area contributed by atoms with Gasteiger partial charge in [0.2, 0.25) is 0 Å². The van der Waals surface area contributed by atoms with Gasteiger partial charge in [-0.15, -0.1) is 0 Å². The van der Waals surface area contributed by atoms with E-state index in [0.29, 0.717) is 0 Å². The van der Waals surface area contributed by atoms with Gasteiger partial charge in [-0.3, -0.25) is 9.89 Å². The third kappa shape index (κ3) is 6.09. The van der Waals surface area contributed by atoms with Crippen LogP contribution in [0.3, 0.4) is 0 Å². The Labute approximate surface area is 176 Å². The van der Waals surface area contributed by atoms with Crippen LogP contribution in [0, 0.1) is 0 Å². The fourth-order valence-electron chi connectivity index (χ4n) is 4.12. The smallest absolute Gasteiger partial charge is 0.191 e. The minimum atomic E-state index is 0.0189. The largest absolute Gasteiger partial charge is 0.379 e. The van der Waals surface area contributed by atoms with Crippen LogP contribution in [0.15, 0.2) is 29.3 Å². The Morgan fingerprint density at radius 1 is 1.17 bits per heavy atom. The molecular weight excluding hydrogens is 362 g/mol. The van der Waals surface area contributed by atoms with E-state index >= 15 is 0 Å². The zero-order valence-electron chi connectivity index (χ0n) is 18.7. The van der Waals surface area contributed by atoms with Crippen molar-refractivity contribution >= 4 is 11.6 Å². The average Bonchev–Trinajstić information content (AvgIpc) is 3.28. The first-order valence-electron chi connectivity index (χ1n) is 11.2. The summed E-state index contributed by atoms with van der Waals surface area (Å²) in [6.45, 7) is 16.4. The van der Waals surface area contributed by atoms with Gasteiger partial charge in [-0.2, -0.15) is 0 Å². The van der Waals surface area contributed by atoms with Crippen LogP contribution in [0.5, 0.6) is 0 Å². The third-order valence-corrected chi connectivity index (χ3v) is 6.03. The molecule has 0 aliphatic carbocycles. The van der Waals surface area contributed by atoms with Crippen LogP contribution in [0.4, 0.5) is 5.69 Å². The van der Waals surface area contributed by atoms with Gasteiger partial charge in [-0.05, 0) is 58.2 Å². The first kappa shape index (κ1) is 21.9. The molecule has 6 nitrogen and oxygen atoms in total. The summed E-state index contributed by atoms with van der Waals surface area (Å²) >= 11 is 0. The van der Waals surface area contributed by atoms with Crippen LogP contribution in [0.1, 0.15) is 52.1 Å². The number of hydrogen-bond donors (Lipinski definition) is 2. The van der Waals surface area contributed by atoms with Crippen LogP contribution in [0.25, 0.3) is 0 Å². The molecule has 2 heterocycles. The molecule has 1 atom stereocenters. The number of aliphatic imine (C=N–C) groups is 1. The van der Waals surface area contributed by atoms with E-state index in [9.17, 15) is 0 Å². The SMILES string of the molecule is CCNC(=NCC(C)(C)N1CCOCC1)NC(C)c1cccc(N2CCCC2)c1. The molecule has 0 amide bonds. The predicted molar refractivity (Wildman–Crippen MR) is 122 cm³/mol. The first-order chi connectivity index (χ1) is 14.0. The van der Waals surface area contributed by atoms with Crippen molar-refractivity contribution in [3.05, 3.63) is 29.8 Å². The summed E-state index contributed by atoms with van der Waals surface area (Å²) in [6.07, 6.45) is 2.60. The molecule has 1 unspecified atom stereocenters. The van der Waals surface area contributed by atoms with Crippen molar-refractivity contribution in [3.63, 3.8) is 0 Å². The minimum absolute atomic E-state index is 0.0189. The lowest BCUT2D eigenvalue weighted by atomic mass is 10.0. The fraction of sp³-hybridized carbons (Fsp3) is 0.696. The number of morpholine rings is 1. The Bertz CT molecular complexity index is 663. The normalized spacial score (nSPS) is 20.0. The number of ether oxygens (including phenoxy) is 1. The number of guanidine groups is 1. The lowest BCUT2D eigenvalue weighted by Crippen LogP contribution is -2.52. The van der Waals surface area contributed by atoms with Gasteiger partial charge in [-0.1, -0.05) is 12.1 Å². The molecule has 2 saturated heterocycles. The maximum Gasteiger partial charge on any atom is 0.191 e. The third-order valence-electron chi connectivity index (χ3n) is 6.03. The highest BCUT2D eigenvalue weighted by Gasteiger charge is 2.28. The molecule has 3 rings (SSSR count). The van der Waals surface area contributed by atoms with E-state index in [0.717, 1.165) is 45.4 Å². The Balaban J connectivity index is 1.64. The molecule has 0 saturated carbocycles. The highest BCUT2D eigenvalue weighted by atomic mass is 16.5. The highest BCUT2D eigenvalue weighted by molar-refractivity contribution is 5.80. The van der Waals surface area contributed by atoms with Crippen molar-refractivity contribution < 1.29 is 4.74 Å². The van der Waals surface area contributed by atoms with E-state index in [2.05, 4.69) is 72.4 Å². The summed E-state index contributed by atoms with van der Waals surface area (Å²) < 4.78 is 5.50. The molecule has 2 fully saturated rings. The summed E-state index contributed by atoms with van der Waals surface area (Å²) in [5.41, 5.74) is 2.65. The second-order valence-corrected chi connectivity index (χ2v) is 8.76. The van der Waals surface area contributed by atoms with Gasteiger partial charge >= 0.3 is 0 Å². The molecular formula is C23H39N5O. The Hall–Kier alpha value is -1.79. The molecule has 29 heavy (non-hydrogen) atoms. The fourth-order valence-corrected chi connectivity index (χ4v) is 4.12. The van der Waals surface area contributed by atoms with Crippen molar-refractivity contribution in [2.75, 3.05) is 57.4 Å². The van der Waals surface area contributed by atoms with Gasteiger partial charge < -0.3 is 20.3 Å². The van der Waals surface area contributed by atoms with Gasteiger partial charge in [0.05, 0.1) is 25.8 Å². The van der Waals surface area contributed by atoms with Crippen molar-refractivity contribution in [2.45, 2.75) is 52.1 Å². The number of rotatable bonds is 7. The van der Waals surface area contributed by atoms with Gasteiger partial charge in [-0.25, -0.2) is 0 Å². The van der Waals surface area contributed by atoms with E-state index in [-0.39, 0.29) is 11.6 Å². The van der Waals surface area contributed by atoms with Crippen LogP contribution < -0.4 is 15.5 Å². The van der Waals surface area contributed by atoms with Crippen molar-refractivity contribution in [1.82, 2.24) is 15.5 Å². The van der Waals surface area contributed by atoms with Crippen molar-refractivity contribution in [1.29, 1.82) is 0 Å². The maximum absolute atomic E-state index is 5.50. The summed E-state index contributed by atoms with van der Waals surface area (Å²) in [6, 6.07) is 9.13. The maximum atomic E-state index is 5.50.